The number of ketones is 1. The summed E-state index contributed by atoms with van der Waals surface area (Å²) in [4.78, 5) is 11.7. The van der Waals surface area contributed by atoms with Crippen LogP contribution in [0.1, 0.15) is 20.3 Å². The molecular formula is C14H16O3S. The third-order valence-electron chi connectivity index (χ3n) is 3.28. The Balaban J connectivity index is 2.48. The second kappa shape index (κ2) is 4.69. The fourth-order valence-corrected chi connectivity index (χ4v) is 4.67. The first-order valence-corrected chi connectivity index (χ1v) is 7.47. The van der Waals surface area contributed by atoms with E-state index in [0.717, 1.165) is 0 Å². The minimum atomic E-state index is -3.40. The summed E-state index contributed by atoms with van der Waals surface area (Å²) in [5.41, 5.74) is 0.641. The summed E-state index contributed by atoms with van der Waals surface area (Å²) in [6, 6.07) is 8.42. The van der Waals surface area contributed by atoms with Crippen molar-refractivity contribution in [3.05, 3.63) is 42.0 Å². The van der Waals surface area contributed by atoms with Gasteiger partial charge in [0.15, 0.2) is 15.6 Å². The smallest absolute Gasteiger partial charge is 0.185 e. The van der Waals surface area contributed by atoms with Gasteiger partial charge < -0.3 is 0 Å². The molecule has 0 spiro atoms. The number of rotatable bonds is 2. The largest absolute Gasteiger partial charge is 0.295 e. The second-order valence-corrected chi connectivity index (χ2v) is 6.88. The first kappa shape index (κ1) is 13.0. The molecule has 96 valence electrons. The minimum Gasteiger partial charge on any atom is -0.295 e. The molecule has 1 aliphatic carbocycles. The lowest BCUT2D eigenvalue weighted by atomic mass is 9.90. The van der Waals surface area contributed by atoms with E-state index in [-0.39, 0.29) is 11.7 Å². The Hall–Kier alpha value is -1.42. The van der Waals surface area contributed by atoms with Gasteiger partial charge >= 0.3 is 0 Å². The lowest BCUT2D eigenvalue weighted by molar-refractivity contribution is -0.115. The number of allylic oxidation sites excluding steroid dienone is 1. The molecule has 0 aromatic heterocycles. The van der Waals surface area contributed by atoms with Crippen molar-refractivity contribution in [1.29, 1.82) is 0 Å². The predicted molar refractivity (Wildman–Crippen MR) is 70.0 cm³/mol. The van der Waals surface area contributed by atoms with Crippen molar-refractivity contribution in [2.75, 3.05) is 0 Å². The number of benzene rings is 1. The number of carbonyl (C=O) groups excluding carboxylic acids is 1. The molecule has 3 nitrogen and oxygen atoms in total. The van der Waals surface area contributed by atoms with Crippen LogP contribution in [0.4, 0.5) is 0 Å². The Bertz CT molecular complexity index is 585. The molecule has 1 aromatic carbocycles. The van der Waals surface area contributed by atoms with Gasteiger partial charge in [0.25, 0.3) is 0 Å². The first-order chi connectivity index (χ1) is 8.43. The van der Waals surface area contributed by atoms with Crippen LogP contribution < -0.4 is 0 Å². The molecule has 0 N–H and O–H groups in total. The summed E-state index contributed by atoms with van der Waals surface area (Å²) in [5.74, 6) is -0.160. The molecule has 0 saturated carbocycles. The molecule has 0 fully saturated rings. The van der Waals surface area contributed by atoms with E-state index >= 15 is 0 Å². The van der Waals surface area contributed by atoms with Crippen LogP contribution in [0.5, 0.6) is 0 Å². The summed E-state index contributed by atoms with van der Waals surface area (Å²) in [6.45, 7) is 3.54. The highest BCUT2D eigenvalue weighted by molar-refractivity contribution is 7.92. The Morgan fingerprint density at radius 3 is 2.33 bits per heavy atom. The topological polar surface area (TPSA) is 51.2 Å². The van der Waals surface area contributed by atoms with Gasteiger partial charge in [0, 0.05) is 6.42 Å². The number of carbonyl (C=O) groups is 1. The molecule has 0 bridgehead atoms. The molecule has 0 radical (unpaired) electrons. The van der Waals surface area contributed by atoms with Crippen LogP contribution in [-0.4, -0.2) is 19.5 Å². The Morgan fingerprint density at radius 1 is 1.17 bits per heavy atom. The minimum absolute atomic E-state index is 0.0134. The molecule has 2 atom stereocenters. The van der Waals surface area contributed by atoms with Gasteiger partial charge in [-0.1, -0.05) is 30.7 Å². The summed E-state index contributed by atoms with van der Waals surface area (Å²) in [6.07, 6.45) is 1.76. The van der Waals surface area contributed by atoms with Crippen LogP contribution in [0.15, 0.2) is 46.9 Å². The van der Waals surface area contributed by atoms with Crippen LogP contribution in [-0.2, 0) is 14.6 Å². The van der Waals surface area contributed by atoms with E-state index < -0.39 is 15.1 Å². The number of hydrogen-bond donors (Lipinski definition) is 0. The van der Waals surface area contributed by atoms with Crippen LogP contribution in [0.25, 0.3) is 0 Å². The molecular weight excluding hydrogens is 248 g/mol. The second-order valence-electron chi connectivity index (χ2n) is 4.81. The zero-order valence-electron chi connectivity index (χ0n) is 10.5. The van der Waals surface area contributed by atoms with Crippen molar-refractivity contribution in [2.45, 2.75) is 30.4 Å². The highest BCUT2D eigenvalue weighted by Gasteiger charge is 2.37. The van der Waals surface area contributed by atoms with E-state index in [2.05, 4.69) is 0 Å². The molecule has 0 saturated heterocycles. The van der Waals surface area contributed by atoms with E-state index in [4.69, 9.17) is 0 Å². The molecule has 18 heavy (non-hydrogen) atoms. The van der Waals surface area contributed by atoms with E-state index in [9.17, 15) is 13.2 Å². The Labute approximate surface area is 107 Å². The molecule has 0 amide bonds. The molecule has 0 aliphatic heterocycles. The monoisotopic (exact) mass is 264 g/mol. The SMILES string of the molecule is CC1=CC(=O)C[C@@H](C)[C@@H]1S(=O)(=O)c1ccccc1. The van der Waals surface area contributed by atoms with Crippen molar-refractivity contribution in [1.82, 2.24) is 0 Å². The van der Waals surface area contributed by atoms with Crippen molar-refractivity contribution in [3.8, 4) is 0 Å². The first-order valence-electron chi connectivity index (χ1n) is 5.93. The Kier molecular flexibility index (Phi) is 3.39. The Morgan fingerprint density at radius 2 is 1.78 bits per heavy atom. The fourth-order valence-electron chi connectivity index (χ4n) is 2.58. The summed E-state index contributed by atoms with van der Waals surface area (Å²) < 4.78 is 25.1. The lowest BCUT2D eigenvalue weighted by Gasteiger charge is -2.27. The molecule has 0 heterocycles. The van der Waals surface area contributed by atoms with Crippen LogP contribution in [0.3, 0.4) is 0 Å². The van der Waals surface area contributed by atoms with Crippen molar-refractivity contribution in [3.63, 3.8) is 0 Å². The van der Waals surface area contributed by atoms with Crippen molar-refractivity contribution < 1.29 is 13.2 Å². The van der Waals surface area contributed by atoms with Gasteiger partial charge in [-0.05, 0) is 31.1 Å². The standard InChI is InChI=1S/C14H16O3S/c1-10-8-12(15)9-11(2)14(10)18(16,17)13-6-4-3-5-7-13/h3-8,11,14H,9H2,1-2H3/t11-,14-/m1/s1. The average Bonchev–Trinajstić information content (AvgIpc) is 2.28. The van der Waals surface area contributed by atoms with Crippen molar-refractivity contribution >= 4 is 15.6 Å². The van der Waals surface area contributed by atoms with Gasteiger partial charge in [0.1, 0.15) is 0 Å². The fraction of sp³-hybridized carbons (Fsp3) is 0.357. The zero-order valence-corrected chi connectivity index (χ0v) is 11.3. The predicted octanol–water partition coefficient (Wildman–Crippen LogP) is 2.38. The van der Waals surface area contributed by atoms with Crippen LogP contribution >= 0.6 is 0 Å². The number of sulfone groups is 1. The summed E-state index contributed by atoms with van der Waals surface area (Å²) >= 11 is 0. The molecule has 4 heteroatoms. The maximum Gasteiger partial charge on any atom is 0.185 e. The maximum atomic E-state index is 12.6. The summed E-state index contributed by atoms with van der Waals surface area (Å²) in [5, 5.41) is -0.586. The maximum absolute atomic E-state index is 12.6. The molecule has 0 unspecified atom stereocenters. The molecule has 2 rings (SSSR count). The highest BCUT2D eigenvalue weighted by atomic mass is 32.2. The normalized spacial score (nSPS) is 24.8. The molecule has 1 aromatic rings. The van der Waals surface area contributed by atoms with E-state index in [0.29, 0.717) is 16.9 Å². The average molecular weight is 264 g/mol. The van der Waals surface area contributed by atoms with E-state index in [1.54, 1.807) is 37.3 Å². The third kappa shape index (κ3) is 2.25. The molecule has 1 aliphatic rings. The van der Waals surface area contributed by atoms with Gasteiger partial charge in [-0.15, -0.1) is 0 Å². The quantitative estimate of drug-likeness (QED) is 0.824. The van der Waals surface area contributed by atoms with Gasteiger partial charge in [0.05, 0.1) is 10.1 Å². The number of hydrogen-bond acceptors (Lipinski definition) is 3. The highest BCUT2D eigenvalue weighted by Crippen LogP contribution is 2.32. The van der Waals surface area contributed by atoms with E-state index in [1.165, 1.54) is 6.08 Å². The lowest BCUT2D eigenvalue weighted by Crippen LogP contribution is -2.34. The van der Waals surface area contributed by atoms with Gasteiger partial charge in [0.2, 0.25) is 0 Å². The van der Waals surface area contributed by atoms with Gasteiger partial charge in [-0.25, -0.2) is 8.42 Å². The van der Waals surface area contributed by atoms with Crippen LogP contribution in [0, 0.1) is 5.92 Å². The van der Waals surface area contributed by atoms with E-state index in [1.807, 2.05) is 6.92 Å². The van der Waals surface area contributed by atoms with Crippen LogP contribution in [0.2, 0.25) is 0 Å². The van der Waals surface area contributed by atoms with Crippen molar-refractivity contribution in [2.24, 2.45) is 5.92 Å². The summed E-state index contributed by atoms with van der Waals surface area (Å²) in [7, 11) is -3.40. The zero-order chi connectivity index (χ0) is 13.3. The van der Waals surface area contributed by atoms with Gasteiger partial charge in [-0.2, -0.15) is 0 Å². The third-order valence-corrected chi connectivity index (χ3v) is 5.72. The van der Waals surface area contributed by atoms with Gasteiger partial charge in [-0.3, -0.25) is 4.79 Å².